The van der Waals surface area contributed by atoms with Crippen LogP contribution in [0, 0.1) is 5.82 Å². The van der Waals surface area contributed by atoms with Crippen molar-refractivity contribution in [2.45, 2.75) is 25.8 Å². The SMILES string of the molecule is CN(Cc1ccccc1N1CCOCC1)C(=O)C(C)(C)c1ccc(F)cc1. The number of amides is 1. The highest BCUT2D eigenvalue weighted by Gasteiger charge is 2.32. The highest BCUT2D eigenvalue weighted by atomic mass is 19.1. The van der Waals surface area contributed by atoms with Gasteiger partial charge in [-0.1, -0.05) is 30.3 Å². The van der Waals surface area contributed by atoms with E-state index in [1.165, 1.54) is 12.1 Å². The number of nitrogens with zero attached hydrogens (tertiary/aromatic N) is 2. The van der Waals surface area contributed by atoms with Gasteiger partial charge in [-0.3, -0.25) is 4.79 Å². The first kappa shape index (κ1) is 19.4. The van der Waals surface area contributed by atoms with E-state index < -0.39 is 5.41 Å². The van der Waals surface area contributed by atoms with Gasteiger partial charge in [-0.25, -0.2) is 4.39 Å². The van der Waals surface area contributed by atoms with Crippen LogP contribution in [0.2, 0.25) is 0 Å². The largest absolute Gasteiger partial charge is 0.378 e. The fraction of sp³-hybridized carbons (Fsp3) is 0.409. The second-order valence-electron chi connectivity index (χ2n) is 7.52. The molecule has 144 valence electrons. The smallest absolute Gasteiger partial charge is 0.232 e. The molecule has 1 heterocycles. The van der Waals surface area contributed by atoms with Gasteiger partial charge in [0.05, 0.1) is 18.6 Å². The molecule has 0 radical (unpaired) electrons. The number of para-hydroxylation sites is 1. The topological polar surface area (TPSA) is 32.8 Å². The van der Waals surface area contributed by atoms with Crippen LogP contribution in [0.4, 0.5) is 10.1 Å². The van der Waals surface area contributed by atoms with E-state index in [-0.39, 0.29) is 11.7 Å². The zero-order valence-corrected chi connectivity index (χ0v) is 16.2. The number of benzene rings is 2. The molecule has 2 aromatic carbocycles. The van der Waals surface area contributed by atoms with E-state index in [0.29, 0.717) is 6.54 Å². The van der Waals surface area contributed by atoms with E-state index >= 15 is 0 Å². The van der Waals surface area contributed by atoms with Crippen molar-refractivity contribution in [2.24, 2.45) is 0 Å². The molecule has 1 saturated heterocycles. The Morgan fingerprint density at radius 3 is 2.41 bits per heavy atom. The maximum Gasteiger partial charge on any atom is 0.232 e. The first-order valence-corrected chi connectivity index (χ1v) is 9.32. The predicted octanol–water partition coefficient (Wildman–Crippen LogP) is 3.60. The molecule has 0 N–H and O–H groups in total. The van der Waals surface area contributed by atoms with Gasteiger partial charge in [0.2, 0.25) is 5.91 Å². The minimum absolute atomic E-state index is 0.00545. The normalized spacial score (nSPS) is 14.9. The van der Waals surface area contributed by atoms with E-state index in [2.05, 4.69) is 17.0 Å². The fourth-order valence-corrected chi connectivity index (χ4v) is 3.55. The van der Waals surface area contributed by atoms with Crippen LogP contribution in [-0.2, 0) is 21.5 Å². The van der Waals surface area contributed by atoms with E-state index in [0.717, 1.165) is 43.1 Å². The first-order valence-electron chi connectivity index (χ1n) is 9.32. The summed E-state index contributed by atoms with van der Waals surface area (Å²) in [5.41, 5.74) is 2.35. The summed E-state index contributed by atoms with van der Waals surface area (Å²) in [6.45, 7) is 7.45. The van der Waals surface area contributed by atoms with Gasteiger partial charge in [-0.2, -0.15) is 0 Å². The Bertz CT molecular complexity index is 783. The lowest BCUT2D eigenvalue weighted by Crippen LogP contribution is -2.41. The van der Waals surface area contributed by atoms with Crippen LogP contribution in [0.3, 0.4) is 0 Å². The van der Waals surface area contributed by atoms with Crippen molar-refractivity contribution >= 4 is 11.6 Å². The summed E-state index contributed by atoms with van der Waals surface area (Å²) < 4.78 is 18.7. The van der Waals surface area contributed by atoms with Crippen molar-refractivity contribution in [2.75, 3.05) is 38.3 Å². The minimum Gasteiger partial charge on any atom is -0.378 e. The maximum absolute atomic E-state index is 13.2. The van der Waals surface area contributed by atoms with Gasteiger partial charge in [0.25, 0.3) is 0 Å². The Balaban J connectivity index is 1.77. The molecule has 0 spiro atoms. The lowest BCUT2D eigenvalue weighted by molar-refractivity contribution is -0.135. The van der Waals surface area contributed by atoms with Crippen LogP contribution in [-0.4, -0.2) is 44.2 Å². The Kier molecular flexibility index (Phi) is 5.80. The predicted molar refractivity (Wildman–Crippen MR) is 105 cm³/mol. The highest BCUT2D eigenvalue weighted by molar-refractivity contribution is 5.87. The number of rotatable bonds is 5. The second-order valence-corrected chi connectivity index (χ2v) is 7.52. The number of carbonyl (C=O) groups is 1. The van der Waals surface area contributed by atoms with Crippen LogP contribution in [0.1, 0.15) is 25.0 Å². The summed E-state index contributed by atoms with van der Waals surface area (Å²) in [5, 5.41) is 0. The zero-order chi connectivity index (χ0) is 19.4. The lowest BCUT2D eigenvalue weighted by Gasteiger charge is -2.33. The Labute approximate surface area is 160 Å². The average Bonchev–Trinajstić information content (AvgIpc) is 2.68. The van der Waals surface area contributed by atoms with Gasteiger partial charge in [0.15, 0.2) is 0 Å². The average molecular weight is 370 g/mol. The summed E-state index contributed by atoms with van der Waals surface area (Å²) >= 11 is 0. The Hall–Kier alpha value is -2.40. The molecule has 0 aromatic heterocycles. The molecule has 0 bridgehead atoms. The maximum atomic E-state index is 13.2. The van der Waals surface area contributed by atoms with Crippen molar-refractivity contribution in [3.05, 3.63) is 65.5 Å². The van der Waals surface area contributed by atoms with Crippen LogP contribution in [0.5, 0.6) is 0 Å². The van der Waals surface area contributed by atoms with Gasteiger partial charge in [-0.15, -0.1) is 0 Å². The molecule has 1 fully saturated rings. The number of hydrogen-bond donors (Lipinski definition) is 0. The third-order valence-electron chi connectivity index (χ3n) is 5.20. The van der Waals surface area contributed by atoms with E-state index in [1.807, 2.05) is 33.0 Å². The Morgan fingerprint density at radius 1 is 1.11 bits per heavy atom. The standard InChI is InChI=1S/C22H27FN2O2/c1-22(2,18-8-10-19(23)11-9-18)21(26)24(3)16-17-6-4-5-7-20(17)25-12-14-27-15-13-25/h4-11H,12-16H2,1-3H3. The molecule has 1 aliphatic rings. The fourth-order valence-electron chi connectivity index (χ4n) is 3.55. The molecule has 0 atom stereocenters. The summed E-state index contributed by atoms with van der Waals surface area (Å²) in [4.78, 5) is 17.2. The molecular formula is C22H27FN2O2. The van der Waals surface area contributed by atoms with E-state index in [4.69, 9.17) is 4.74 Å². The first-order chi connectivity index (χ1) is 12.9. The number of hydrogen-bond acceptors (Lipinski definition) is 3. The number of likely N-dealkylation sites (N-methyl/N-ethyl adjacent to an activating group) is 1. The monoisotopic (exact) mass is 370 g/mol. The number of ether oxygens (including phenoxy) is 1. The van der Waals surface area contributed by atoms with Gasteiger partial charge in [0, 0.05) is 32.4 Å². The molecule has 1 aliphatic heterocycles. The quantitative estimate of drug-likeness (QED) is 0.806. The summed E-state index contributed by atoms with van der Waals surface area (Å²) in [6.07, 6.45) is 0. The molecule has 0 unspecified atom stereocenters. The van der Waals surface area contributed by atoms with Crippen molar-refractivity contribution < 1.29 is 13.9 Å². The molecule has 3 rings (SSSR count). The molecule has 5 heteroatoms. The van der Waals surface area contributed by atoms with Gasteiger partial charge < -0.3 is 14.5 Å². The lowest BCUT2D eigenvalue weighted by atomic mass is 9.83. The molecule has 0 aliphatic carbocycles. The van der Waals surface area contributed by atoms with Crippen molar-refractivity contribution in [3.63, 3.8) is 0 Å². The van der Waals surface area contributed by atoms with Crippen LogP contribution < -0.4 is 4.90 Å². The van der Waals surface area contributed by atoms with E-state index in [1.54, 1.807) is 17.0 Å². The van der Waals surface area contributed by atoms with Crippen LogP contribution in [0.15, 0.2) is 48.5 Å². The molecule has 1 amide bonds. The summed E-state index contributed by atoms with van der Waals surface area (Å²) in [5.74, 6) is -0.291. The third kappa shape index (κ3) is 4.30. The third-order valence-corrected chi connectivity index (χ3v) is 5.20. The Morgan fingerprint density at radius 2 is 1.74 bits per heavy atom. The number of carbonyl (C=O) groups excluding carboxylic acids is 1. The molecule has 27 heavy (non-hydrogen) atoms. The minimum atomic E-state index is -0.726. The van der Waals surface area contributed by atoms with Gasteiger partial charge in [0.1, 0.15) is 5.82 Å². The van der Waals surface area contributed by atoms with Crippen molar-refractivity contribution in [3.8, 4) is 0 Å². The van der Waals surface area contributed by atoms with E-state index in [9.17, 15) is 9.18 Å². The molecule has 2 aromatic rings. The van der Waals surface area contributed by atoms with Gasteiger partial charge >= 0.3 is 0 Å². The van der Waals surface area contributed by atoms with Crippen LogP contribution in [0.25, 0.3) is 0 Å². The van der Waals surface area contributed by atoms with Crippen molar-refractivity contribution in [1.82, 2.24) is 4.90 Å². The zero-order valence-electron chi connectivity index (χ0n) is 16.2. The number of halogens is 1. The highest BCUT2D eigenvalue weighted by Crippen LogP contribution is 2.28. The molecular weight excluding hydrogens is 343 g/mol. The number of morpholine rings is 1. The van der Waals surface area contributed by atoms with Crippen molar-refractivity contribution in [1.29, 1.82) is 0 Å². The number of anilines is 1. The second kappa shape index (κ2) is 8.09. The summed E-state index contributed by atoms with van der Waals surface area (Å²) in [7, 11) is 1.82. The molecule has 4 nitrogen and oxygen atoms in total. The van der Waals surface area contributed by atoms with Gasteiger partial charge in [-0.05, 0) is 43.2 Å². The molecule has 0 saturated carbocycles. The van der Waals surface area contributed by atoms with Crippen LogP contribution >= 0.6 is 0 Å². The summed E-state index contributed by atoms with van der Waals surface area (Å²) in [6, 6.07) is 14.4.